The number of benzene rings is 2. The van der Waals surface area contributed by atoms with E-state index in [0.717, 1.165) is 11.8 Å². The second-order valence-corrected chi connectivity index (χ2v) is 7.98. The van der Waals surface area contributed by atoms with Gasteiger partial charge in [0.1, 0.15) is 0 Å². The Morgan fingerprint density at radius 1 is 1.00 bits per heavy atom. The molecule has 1 amide bonds. The van der Waals surface area contributed by atoms with Gasteiger partial charge in [-0.1, -0.05) is 6.07 Å². The van der Waals surface area contributed by atoms with Gasteiger partial charge in [-0.25, -0.2) is 8.42 Å². The average Bonchev–Trinajstić information content (AvgIpc) is 2.62. The van der Waals surface area contributed by atoms with Crippen LogP contribution in [0.5, 0.6) is 11.5 Å². The zero-order valence-corrected chi connectivity index (χ0v) is 17.4. The molecule has 2 N–H and O–H groups in total. The summed E-state index contributed by atoms with van der Waals surface area (Å²) in [5.74, 6) is 1.06. The first-order valence-electron chi connectivity index (χ1n) is 8.98. The molecule has 0 saturated carbocycles. The highest BCUT2D eigenvalue weighted by molar-refractivity contribution is 7.92. The number of carbonyl (C=O) groups is 1. The van der Waals surface area contributed by atoms with Crippen LogP contribution in [0.1, 0.15) is 35.3 Å². The smallest absolute Gasteiger partial charge is 0.251 e. The van der Waals surface area contributed by atoms with Crippen molar-refractivity contribution >= 4 is 21.6 Å². The molecule has 28 heavy (non-hydrogen) atoms. The molecular weight excluding hydrogens is 380 g/mol. The molecule has 0 saturated heterocycles. The minimum atomic E-state index is -3.37. The molecule has 0 spiro atoms. The molecule has 0 aliphatic rings. The fourth-order valence-electron chi connectivity index (χ4n) is 2.61. The molecule has 0 unspecified atom stereocenters. The van der Waals surface area contributed by atoms with Crippen LogP contribution in [0.15, 0.2) is 36.4 Å². The third kappa shape index (κ3) is 6.16. The Bertz CT molecular complexity index is 942. The van der Waals surface area contributed by atoms with Crippen molar-refractivity contribution in [1.82, 2.24) is 5.32 Å². The summed E-state index contributed by atoms with van der Waals surface area (Å²) >= 11 is 0. The van der Waals surface area contributed by atoms with E-state index in [0.29, 0.717) is 48.1 Å². The van der Waals surface area contributed by atoms with Gasteiger partial charge < -0.3 is 14.8 Å². The van der Waals surface area contributed by atoms with Gasteiger partial charge in [0.15, 0.2) is 11.5 Å². The Kier molecular flexibility index (Phi) is 7.28. The number of sulfonamides is 1. The van der Waals surface area contributed by atoms with Crippen LogP contribution in [0.3, 0.4) is 0 Å². The number of aryl methyl sites for hydroxylation is 1. The SMILES string of the molecule is CCOc1ccc(CNC(=O)c2ccc(NS(C)(=O)=O)c(C)c2)cc1OCC. The summed E-state index contributed by atoms with van der Waals surface area (Å²) in [4.78, 5) is 12.4. The van der Waals surface area contributed by atoms with Crippen LogP contribution in [0.4, 0.5) is 5.69 Å². The number of rotatable bonds is 9. The highest BCUT2D eigenvalue weighted by atomic mass is 32.2. The predicted octanol–water partition coefficient (Wildman–Crippen LogP) is 3.09. The lowest BCUT2D eigenvalue weighted by Gasteiger charge is -2.13. The topological polar surface area (TPSA) is 93.7 Å². The van der Waals surface area contributed by atoms with Gasteiger partial charge in [0.25, 0.3) is 5.91 Å². The number of hydrogen-bond acceptors (Lipinski definition) is 5. The largest absolute Gasteiger partial charge is 0.490 e. The van der Waals surface area contributed by atoms with Crippen molar-refractivity contribution in [3.8, 4) is 11.5 Å². The van der Waals surface area contributed by atoms with E-state index in [1.807, 2.05) is 32.0 Å². The van der Waals surface area contributed by atoms with Gasteiger partial charge in [-0.05, 0) is 62.2 Å². The molecule has 0 aliphatic heterocycles. The van der Waals surface area contributed by atoms with Gasteiger partial charge in [0.2, 0.25) is 10.0 Å². The molecule has 0 aromatic heterocycles. The molecule has 0 aliphatic carbocycles. The third-order valence-electron chi connectivity index (χ3n) is 3.84. The Balaban J connectivity index is 2.07. The number of ether oxygens (including phenoxy) is 2. The lowest BCUT2D eigenvalue weighted by atomic mass is 10.1. The van der Waals surface area contributed by atoms with Crippen molar-refractivity contribution in [2.75, 3.05) is 24.2 Å². The van der Waals surface area contributed by atoms with E-state index in [2.05, 4.69) is 10.0 Å². The van der Waals surface area contributed by atoms with Crippen LogP contribution in [0.25, 0.3) is 0 Å². The Labute approximate surface area is 166 Å². The van der Waals surface area contributed by atoms with Gasteiger partial charge in [-0.15, -0.1) is 0 Å². The van der Waals surface area contributed by atoms with E-state index in [-0.39, 0.29) is 5.91 Å². The molecule has 0 heterocycles. The minimum Gasteiger partial charge on any atom is -0.490 e. The standard InChI is InChI=1S/C20H26N2O5S/c1-5-26-18-10-7-15(12-19(18)27-6-2)13-21-20(23)16-8-9-17(14(3)11-16)22-28(4,24)25/h7-12,22H,5-6,13H2,1-4H3,(H,21,23). The fraction of sp³-hybridized carbons (Fsp3) is 0.350. The summed E-state index contributed by atoms with van der Waals surface area (Å²) in [7, 11) is -3.37. The first-order chi connectivity index (χ1) is 13.2. The first-order valence-corrected chi connectivity index (χ1v) is 10.9. The highest BCUT2D eigenvalue weighted by Gasteiger charge is 2.11. The second kappa shape index (κ2) is 9.45. The van der Waals surface area contributed by atoms with Gasteiger partial charge in [0, 0.05) is 12.1 Å². The van der Waals surface area contributed by atoms with Crippen LogP contribution in [0.2, 0.25) is 0 Å². The molecule has 0 fully saturated rings. The summed E-state index contributed by atoms with van der Waals surface area (Å²) < 4.78 is 36.3. The fourth-order valence-corrected chi connectivity index (χ4v) is 3.24. The van der Waals surface area contributed by atoms with Crippen LogP contribution in [-0.4, -0.2) is 33.8 Å². The molecule has 0 bridgehead atoms. The van der Waals surface area contributed by atoms with Crippen LogP contribution in [-0.2, 0) is 16.6 Å². The number of nitrogens with one attached hydrogen (secondary N) is 2. The molecule has 2 aromatic rings. The van der Waals surface area contributed by atoms with E-state index in [9.17, 15) is 13.2 Å². The molecule has 2 aromatic carbocycles. The van der Waals surface area contributed by atoms with Gasteiger partial charge in [-0.3, -0.25) is 9.52 Å². The molecule has 0 radical (unpaired) electrons. The van der Waals surface area contributed by atoms with E-state index >= 15 is 0 Å². The number of hydrogen-bond donors (Lipinski definition) is 2. The summed E-state index contributed by atoms with van der Waals surface area (Å²) in [5.41, 5.74) is 2.45. The molecule has 2 rings (SSSR count). The molecule has 0 atom stereocenters. The number of anilines is 1. The average molecular weight is 407 g/mol. The van der Waals surface area contributed by atoms with Crippen molar-refractivity contribution in [2.24, 2.45) is 0 Å². The van der Waals surface area contributed by atoms with Gasteiger partial charge in [0.05, 0.1) is 25.2 Å². The van der Waals surface area contributed by atoms with E-state index in [1.54, 1.807) is 25.1 Å². The normalized spacial score (nSPS) is 11.0. The summed E-state index contributed by atoms with van der Waals surface area (Å²) in [6.45, 7) is 6.93. The predicted molar refractivity (Wildman–Crippen MR) is 110 cm³/mol. The number of amides is 1. The zero-order valence-electron chi connectivity index (χ0n) is 16.5. The lowest BCUT2D eigenvalue weighted by Crippen LogP contribution is -2.23. The quantitative estimate of drug-likeness (QED) is 0.667. The maximum absolute atomic E-state index is 12.4. The third-order valence-corrected chi connectivity index (χ3v) is 4.44. The molecule has 8 heteroatoms. The van der Waals surface area contributed by atoms with Crippen molar-refractivity contribution < 1.29 is 22.7 Å². The maximum Gasteiger partial charge on any atom is 0.251 e. The second-order valence-electron chi connectivity index (χ2n) is 6.23. The van der Waals surface area contributed by atoms with Crippen LogP contribution >= 0.6 is 0 Å². The first kappa shape index (κ1) is 21.6. The van der Waals surface area contributed by atoms with Crippen molar-refractivity contribution in [2.45, 2.75) is 27.3 Å². The van der Waals surface area contributed by atoms with Crippen LogP contribution in [0, 0.1) is 6.92 Å². The molecule has 7 nitrogen and oxygen atoms in total. The minimum absolute atomic E-state index is 0.249. The summed E-state index contributed by atoms with van der Waals surface area (Å²) in [5, 5.41) is 2.86. The van der Waals surface area contributed by atoms with Crippen molar-refractivity contribution in [1.29, 1.82) is 0 Å². The summed E-state index contributed by atoms with van der Waals surface area (Å²) in [6, 6.07) is 10.4. The Hall–Kier alpha value is -2.74. The van der Waals surface area contributed by atoms with Crippen LogP contribution < -0.4 is 19.5 Å². The number of carbonyl (C=O) groups excluding carboxylic acids is 1. The van der Waals surface area contributed by atoms with E-state index < -0.39 is 10.0 Å². The molecular formula is C20H26N2O5S. The Morgan fingerprint density at radius 2 is 1.68 bits per heavy atom. The van der Waals surface area contributed by atoms with E-state index in [1.165, 1.54) is 0 Å². The van der Waals surface area contributed by atoms with Gasteiger partial charge in [-0.2, -0.15) is 0 Å². The van der Waals surface area contributed by atoms with Gasteiger partial charge >= 0.3 is 0 Å². The monoisotopic (exact) mass is 406 g/mol. The van der Waals surface area contributed by atoms with Crippen molar-refractivity contribution in [3.63, 3.8) is 0 Å². The zero-order chi connectivity index (χ0) is 20.7. The Morgan fingerprint density at radius 3 is 2.29 bits per heavy atom. The maximum atomic E-state index is 12.4. The highest BCUT2D eigenvalue weighted by Crippen LogP contribution is 2.28. The molecule has 152 valence electrons. The lowest BCUT2D eigenvalue weighted by molar-refractivity contribution is 0.0950. The van der Waals surface area contributed by atoms with Crippen molar-refractivity contribution in [3.05, 3.63) is 53.1 Å². The summed E-state index contributed by atoms with van der Waals surface area (Å²) in [6.07, 6.45) is 1.08. The van der Waals surface area contributed by atoms with E-state index in [4.69, 9.17) is 9.47 Å².